The Labute approximate surface area is 225 Å². The molecule has 11 heteroatoms. The predicted octanol–water partition coefficient (Wildman–Crippen LogP) is 6.26. The van der Waals surface area contributed by atoms with Crippen LogP contribution in [0.3, 0.4) is 0 Å². The number of hydrogen-bond donors (Lipinski definition) is 2. The van der Waals surface area contributed by atoms with E-state index in [4.69, 9.17) is 27.1 Å². The molecule has 2 aromatic carbocycles. The van der Waals surface area contributed by atoms with Crippen LogP contribution in [0.5, 0.6) is 0 Å². The topological polar surface area (TPSA) is 97.5 Å². The number of halogens is 5. The molecular formula is C28H23ClF4N4O2. The lowest BCUT2D eigenvalue weighted by Gasteiger charge is -2.06. The number of amidine groups is 1. The Hall–Kier alpha value is -3.66. The van der Waals surface area contributed by atoms with Crippen LogP contribution in [0.15, 0.2) is 58.2 Å². The van der Waals surface area contributed by atoms with Crippen LogP contribution in [-0.2, 0) is 5.88 Å². The van der Waals surface area contributed by atoms with Crippen LogP contribution in [0.2, 0.25) is 0 Å². The molecule has 1 heterocycles. The first-order chi connectivity index (χ1) is 18.8. The number of nitrogens with zero attached hydrogens (tertiary/aromatic N) is 3. The lowest BCUT2D eigenvalue weighted by Crippen LogP contribution is -2.16. The van der Waals surface area contributed by atoms with Gasteiger partial charge in [0.05, 0.1) is 0 Å². The van der Waals surface area contributed by atoms with Gasteiger partial charge < -0.3 is 15.5 Å². The fourth-order valence-electron chi connectivity index (χ4n) is 6.01. The monoisotopic (exact) mass is 558 g/mol. The van der Waals surface area contributed by atoms with Crippen LogP contribution in [0.1, 0.15) is 41.6 Å². The summed E-state index contributed by atoms with van der Waals surface area (Å²) in [5, 5.41) is 15.6. The highest BCUT2D eigenvalue weighted by atomic mass is 35.5. The van der Waals surface area contributed by atoms with Crippen molar-refractivity contribution in [1.29, 1.82) is 0 Å². The molecule has 4 aliphatic rings. The Balaban J connectivity index is 0.000000144. The molecule has 6 nitrogen and oxygen atoms in total. The van der Waals surface area contributed by atoms with Gasteiger partial charge in [0, 0.05) is 11.8 Å². The molecule has 0 aliphatic heterocycles. The molecule has 202 valence electrons. The highest BCUT2D eigenvalue weighted by Gasteiger charge is 2.56. The lowest BCUT2D eigenvalue weighted by molar-refractivity contribution is 0.316. The third-order valence-electron chi connectivity index (χ3n) is 8.09. The summed E-state index contributed by atoms with van der Waals surface area (Å²) >= 11 is 5.64. The van der Waals surface area contributed by atoms with E-state index in [1.165, 1.54) is 18.2 Å². The molecule has 4 aliphatic carbocycles. The van der Waals surface area contributed by atoms with Gasteiger partial charge in [0.1, 0.15) is 11.7 Å². The van der Waals surface area contributed by atoms with Crippen LogP contribution in [-0.4, -0.2) is 21.2 Å². The summed E-state index contributed by atoms with van der Waals surface area (Å²) in [4.78, 5) is 4.25. The summed E-state index contributed by atoms with van der Waals surface area (Å²) in [5.41, 5.74) is 9.07. The second kappa shape index (κ2) is 9.82. The number of oxime groups is 1. The molecule has 0 radical (unpaired) electrons. The predicted molar refractivity (Wildman–Crippen MR) is 135 cm³/mol. The average molecular weight is 559 g/mol. The standard InChI is InChI=1S/C15H11ClF2N2O.C13H12F2N2O/c16-6-13-19-15(20-21-13)14-9-3-8(4-10(9)14)7-1-2-11(17)12(18)5-7;14-10-2-1-6(5-11(10)15)7-3-8-9(4-7)12(8)13(16)17-18/h1-3,5,9-10,14H,4,6H2;1-3,5,8-9,12,18H,4H2,(H2,16,17)/t9-,10+,14+;8-,9+,12+/m00/s1. The van der Waals surface area contributed by atoms with Crippen LogP contribution < -0.4 is 5.73 Å². The second-order valence-corrected chi connectivity index (χ2v) is 10.6. The van der Waals surface area contributed by atoms with E-state index in [9.17, 15) is 17.6 Å². The van der Waals surface area contributed by atoms with Gasteiger partial charge in [-0.15, -0.1) is 11.6 Å². The third kappa shape index (κ3) is 4.71. The lowest BCUT2D eigenvalue weighted by atomic mass is 10.0. The van der Waals surface area contributed by atoms with Gasteiger partial charge >= 0.3 is 0 Å². The maximum atomic E-state index is 13.3. The molecule has 7 rings (SSSR count). The summed E-state index contributed by atoms with van der Waals surface area (Å²) in [6, 6.07) is 7.96. The van der Waals surface area contributed by atoms with Crippen LogP contribution in [0.25, 0.3) is 11.1 Å². The molecule has 0 bridgehead atoms. The first kappa shape index (κ1) is 25.6. The number of nitrogens with two attached hydrogens (primary N) is 1. The second-order valence-electron chi connectivity index (χ2n) is 10.3. The van der Waals surface area contributed by atoms with E-state index in [1.54, 1.807) is 12.1 Å². The molecule has 3 N–H and O–H groups in total. The largest absolute Gasteiger partial charge is 0.409 e. The highest BCUT2D eigenvalue weighted by molar-refractivity contribution is 6.16. The van der Waals surface area contributed by atoms with Crippen LogP contribution in [0.4, 0.5) is 17.6 Å². The summed E-state index contributed by atoms with van der Waals surface area (Å²) in [7, 11) is 0. The van der Waals surface area contributed by atoms with Crippen LogP contribution in [0, 0.1) is 52.9 Å². The Morgan fingerprint density at radius 1 is 0.923 bits per heavy atom. The Morgan fingerprint density at radius 2 is 1.51 bits per heavy atom. The molecule has 1 aromatic heterocycles. The zero-order chi connectivity index (χ0) is 27.4. The molecule has 3 aromatic rings. The van der Waals surface area contributed by atoms with Gasteiger partial charge in [-0.25, -0.2) is 17.6 Å². The Kier molecular flexibility index (Phi) is 6.45. The van der Waals surface area contributed by atoms with E-state index in [1.807, 2.05) is 6.08 Å². The highest BCUT2D eigenvalue weighted by Crippen LogP contribution is 2.62. The quantitative estimate of drug-likeness (QED) is 0.0961. The first-order valence-corrected chi connectivity index (χ1v) is 13.0. The van der Waals surface area contributed by atoms with E-state index in [-0.39, 0.29) is 29.5 Å². The van der Waals surface area contributed by atoms with Gasteiger partial charge in [0.25, 0.3) is 0 Å². The number of fused-ring (bicyclic) bond motifs is 2. The van der Waals surface area contributed by atoms with Gasteiger partial charge in [0.15, 0.2) is 29.1 Å². The number of alkyl halides is 1. The summed E-state index contributed by atoms with van der Waals surface area (Å²) in [5.74, 6) is 0.0495. The number of allylic oxidation sites excluding steroid dienone is 4. The van der Waals surface area contributed by atoms with E-state index < -0.39 is 23.3 Å². The molecule has 0 amide bonds. The van der Waals surface area contributed by atoms with E-state index >= 15 is 0 Å². The van der Waals surface area contributed by atoms with Crippen molar-refractivity contribution in [3.8, 4) is 0 Å². The number of rotatable bonds is 5. The molecule has 39 heavy (non-hydrogen) atoms. The van der Waals surface area contributed by atoms with Crippen molar-refractivity contribution in [2.45, 2.75) is 24.6 Å². The van der Waals surface area contributed by atoms with Gasteiger partial charge in [-0.05, 0) is 83.1 Å². The Morgan fingerprint density at radius 3 is 1.95 bits per heavy atom. The zero-order valence-corrected chi connectivity index (χ0v) is 21.1. The minimum atomic E-state index is -0.836. The van der Waals surface area contributed by atoms with Gasteiger partial charge in [-0.2, -0.15) is 4.98 Å². The van der Waals surface area contributed by atoms with Crippen molar-refractivity contribution in [1.82, 2.24) is 10.1 Å². The minimum Gasteiger partial charge on any atom is -0.409 e. The summed E-state index contributed by atoms with van der Waals surface area (Å²) in [6.45, 7) is 0. The molecule has 2 fully saturated rings. The van der Waals surface area contributed by atoms with Crippen molar-refractivity contribution < 1.29 is 27.3 Å². The molecule has 2 saturated carbocycles. The maximum absolute atomic E-state index is 13.3. The van der Waals surface area contributed by atoms with Crippen molar-refractivity contribution >= 4 is 28.6 Å². The maximum Gasteiger partial charge on any atom is 0.241 e. The van der Waals surface area contributed by atoms with Gasteiger partial charge in [-0.1, -0.05) is 34.6 Å². The van der Waals surface area contributed by atoms with Crippen molar-refractivity contribution in [3.05, 3.63) is 94.7 Å². The fourth-order valence-corrected chi connectivity index (χ4v) is 6.12. The third-order valence-corrected chi connectivity index (χ3v) is 8.32. The Bertz CT molecular complexity index is 1540. The van der Waals surface area contributed by atoms with E-state index in [0.717, 1.165) is 35.6 Å². The van der Waals surface area contributed by atoms with E-state index in [0.29, 0.717) is 35.0 Å². The molecule has 0 spiro atoms. The number of benzene rings is 2. The van der Waals surface area contributed by atoms with E-state index in [2.05, 4.69) is 21.4 Å². The average Bonchev–Trinajstić information content (AvgIpc) is 3.48. The molecule has 0 saturated heterocycles. The van der Waals surface area contributed by atoms with Crippen molar-refractivity contribution in [2.75, 3.05) is 0 Å². The van der Waals surface area contributed by atoms with Gasteiger partial charge in [-0.3, -0.25) is 0 Å². The number of aromatic nitrogens is 2. The smallest absolute Gasteiger partial charge is 0.241 e. The fraction of sp³-hybridized carbons (Fsp3) is 0.321. The SMILES string of the molecule is Fc1ccc(C2=C[C@H]3[C@@H](C2)[C@@H]3c2noc(CCl)n2)cc1F.N/C(=N\O)[C@@H]1[C@H]2C=C(c3ccc(F)c(F)c3)C[C@H]21. The van der Waals surface area contributed by atoms with Crippen LogP contribution >= 0.6 is 11.6 Å². The normalized spacial score (nSPS) is 28.2. The van der Waals surface area contributed by atoms with Crippen molar-refractivity contribution in [2.24, 2.45) is 40.5 Å². The molecule has 6 atom stereocenters. The molecule has 0 unspecified atom stereocenters. The summed E-state index contributed by atoms with van der Waals surface area (Å²) < 4.78 is 57.2. The number of hydrogen-bond acceptors (Lipinski definition) is 5. The summed E-state index contributed by atoms with van der Waals surface area (Å²) in [6.07, 6.45) is 5.71. The van der Waals surface area contributed by atoms with Crippen molar-refractivity contribution in [3.63, 3.8) is 0 Å². The van der Waals surface area contributed by atoms with Gasteiger partial charge in [0.2, 0.25) is 5.89 Å². The minimum absolute atomic E-state index is 0.101. The molecular weight excluding hydrogens is 536 g/mol. The first-order valence-electron chi connectivity index (χ1n) is 12.5. The zero-order valence-electron chi connectivity index (χ0n) is 20.4.